The Hall–Kier alpha value is -2.30. The van der Waals surface area contributed by atoms with Crippen LogP contribution in [0.15, 0.2) is 36.5 Å². The molecule has 1 fully saturated rings. The molecule has 0 aliphatic carbocycles. The van der Waals surface area contributed by atoms with Crippen LogP contribution in [0.1, 0.15) is 35.8 Å². The van der Waals surface area contributed by atoms with Crippen molar-refractivity contribution in [3.63, 3.8) is 0 Å². The van der Waals surface area contributed by atoms with Crippen molar-refractivity contribution in [3.05, 3.63) is 47.8 Å². The Balaban J connectivity index is 1.59. The summed E-state index contributed by atoms with van der Waals surface area (Å²) in [5.74, 6) is 0.596. The molecule has 2 aromatic rings. The minimum absolute atomic E-state index is 0.0815. The average molecular weight is 340 g/mol. The molecule has 1 aromatic heterocycles. The Morgan fingerprint density at radius 1 is 1.32 bits per heavy atom. The van der Waals surface area contributed by atoms with E-state index in [0.717, 1.165) is 50.3 Å². The summed E-state index contributed by atoms with van der Waals surface area (Å²) in [6, 6.07) is 10.5. The molecule has 0 radical (unpaired) electrons. The Morgan fingerprint density at radius 3 is 2.80 bits per heavy atom. The number of para-hydroxylation sites is 1. The molecule has 1 atom stereocenters. The van der Waals surface area contributed by atoms with Crippen molar-refractivity contribution in [1.29, 1.82) is 0 Å². The van der Waals surface area contributed by atoms with Crippen LogP contribution in [-0.2, 0) is 6.54 Å². The van der Waals surface area contributed by atoms with E-state index in [4.69, 9.17) is 0 Å². The second-order valence-electron chi connectivity index (χ2n) is 7.01. The van der Waals surface area contributed by atoms with Crippen LogP contribution in [0.5, 0.6) is 0 Å². The third-order valence-corrected chi connectivity index (χ3v) is 4.92. The molecule has 25 heavy (non-hydrogen) atoms. The minimum Gasteiger partial charge on any atom is -0.371 e. The average Bonchev–Trinajstić information content (AvgIpc) is 3.22. The highest BCUT2D eigenvalue weighted by Gasteiger charge is 2.26. The fourth-order valence-corrected chi connectivity index (χ4v) is 3.60. The second-order valence-corrected chi connectivity index (χ2v) is 7.01. The van der Waals surface area contributed by atoms with Crippen LogP contribution in [0.3, 0.4) is 0 Å². The van der Waals surface area contributed by atoms with Gasteiger partial charge in [0.1, 0.15) is 0 Å². The van der Waals surface area contributed by atoms with Crippen LogP contribution in [0, 0.1) is 12.8 Å². The van der Waals surface area contributed by atoms with Gasteiger partial charge in [-0.25, -0.2) is 0 Å². The number of hydrogen-bond acceptors (Lipinski definition) is 3. The van der Waals surface area contributed by atoms with Crippen molar-refractivity contribution < 1.29 is 4.79 Å². The standard InChI is InChI=1S/C20H28N4O/c1-4-11-24-15-19(16(2)21-24)20(25)22(3)13-17-10-12-23(14-17)18-8-6-5-7-9-18/h5-9,15,17H,4,10-14H2,1-3H3/t17-/m0/s1. The molecule has 1 aromatic carbocycles. The van der Waals surface area contributed by atoms with Gasteiger partial charge < -0.3 is 9.80 Å². The molecule has 1 saturated heterocycles. The van der Waals surface area contributed by atoms with Crippen LogP contribution in [-0.4, -0.2) is 47.3 Å². The predicted molar refractivity (Wildman–Crippen MR) is 101 cm³/mol. The quantitative estimate of drug-likeness (QED) is 0.811. The minimum atomic E-state index is 0.0815. The van der Waals surface area contributed by atoms with Gasteiger partial charge in [0.2, 0.25) is 0 Å². The lowest BCUT2D eigenvalue weighted by atomic mass is 10.1. The van der Waals surface area contributed by atoms with Gasteiger partial charge in [-0.2, -0.15) is 5.10 Å². The first-order valence-corrected chi connectivity index (χ1v) is 9.18. The van der Waals surface area contributed by atoms with Crippen molar-refractivity contribution in [2.45, 2.75) is 33.2 Å². The van der Waals surface area contributed by atoms with Crippen molar-refractivity contribution in [2.24, 2.45) is 5.92 Å². The van der Waals surface area contributed by atoms with Gasteiger partial charge in [0.25, 0.3) is 5.91 Å². The summed E-state index contributed by atoms with van der Waals surface area (Å²) >= 11 is 0. The monoisotopic (exact) mass is 340 g/mol. The molecule has 1 aliphatic heterocycles. The molecule has 5 heteroatoms. The van der Waals surface area contributed by atoms with Gasteiger partial charge in [-0.15, -0.1) is 0 Å². The number of carbonyl (C=O) groups is 1. The van der Waals surface area contributed by atoms with E-state index in [-0.39, 0.29) is 5.91 Å². The maximum absolute atomic E-state index is 12.8. The van der Waals surface area contributed by atoms with E-state index >= 15 is 0 Å². The normalized spacial score (nSPS) is 17.1. The molecular weight excluding hydrogens is 312 g/mol. The SMILES string of the molecule is CCCn1cc(C(=O)N(C)C[C@@H]2CCN(c3ccccc3)C2)c(C)n1. The highest BCUT2D eigenvalue weighted by Crippen LogP contribution is 2.24. The zero-order valence-corrected chi connectivity index (χ0v) is 15.5. The predicted octanol–water partition coefficient (Wildman–Crippen LogP) is 3.20. The Labute approximate surface area is 150 Å². The molecule has 1 aliphatic rings. The summed E-state index contributed by atoms with van der Waals surface area (Å²) in [6.45, 7) is 7.75. The Kier molecular flexibility index (Phi) is 5.41. The van der Waals surface area contributed by atoms with E-state index in [1.165, 1.54) is 5.69 Å². The summed E-state index contributed by atoms with van der Waals surface area (Å²) in [5, 5.41) is 4.45. The van der Waals surface area contributed by atoms with Gasteiger partial charge in [0.05, 0.1) is 11.3 Å². The van der Waals surface area contributed by atoms with E-state index in [2.05, 4.69) is 41.2 Å². The van der Waals surface area contributed by atoms with Crippen LogP contribution < -0.4 is 4.90 Å². The zero-order chi connectivity index (χ0) is 17.8. The molecule has 2 heterocycles. The molecular formula is C20H28N4O. The van der Waals surface area contributed by atoms with Crippen LogP contribution >= 0.6 is 0 Å². The number of rotatable bonds is 6. The van der Waals surface area contributed by atoms with Crippen molar-refractivity contribution in [3.8, 4) is 0 Å². The first-order chi connectivity index (χ1) is 12.1. The van der Waals surface area contributed by atoms with Crippen molar-refractivity contribution in [2.75, 3.05) is 31.6 Å². The van der Waals surface area contributed by atoms with E-state index in [1.807, 2.05) is 35.8 Å². The number of amides is 1. The lowest BCUT2D eigenvalue weighted by Crippen LogP contribution is -2.33. The number of nitrogens with zero attached hydrogens (tertiary/aromatic N) is 4. The number of benzene rings is 1. The molecule has 0 saturated carbocycles. The lowest BCUT2D eigenvalue weighted by molar-refractivity contribution is 0.0775. The summed E-state index contributed by atoms with van der Waals surface area (Å²) in [4.78, 5) is 17.1. The topological polar surface area (TPSA) is 41.4 Å². The number of aromatic nitrogens is 2. The molecule has 1 amide bonds. The van der Waals surface area contributed by atoms with Gasteiger partial charge in [-0.1, -0.05) is 25.1 Å². The van der Waals surface area contributed by atoms with Gasteiger partial charge >= 0.3 is 0 Å². The highest BCUT2D eigenvalue weighted by molar-refractivity contribution is 5.94. The van der Waals surface area contributed by atoms with Crippen molar-refractivity contribution in [1.82, 2.24) is 14.7 Å². The largest absolute Gasteiger partial charge is 0.371 e. The van der Waals surface area contributed by atoms with Gasteiger partial charge in [-0.05, 0) is 37.8 Å². The summed E-state index contributed by atoms with van der Waals surface area (Å²) in [7, 11) is 1.91. The molecule has 3 rings (SSSR count). The molecule has 0 unspecified atom stereocenters. The smallest absolute Gasteiger partial charge is 0.257 e. The summed E-state index contributed by atoms with van der Waals surface area (Å²) in [5.41, 5.74) is 2.83. The third-order valence-electron chi connectivity index (χ3n) is 4.92. The molecule has 5 nitrogen and oxygen atoms in total. The van der Waals surface area contributed by atoms with E-state index in [0.29, 0.717) is 5.92 Å². The zero-order valence-electron chi connectivity index (χ0n) is 15.5. The number of hydrogen-bond donors (Lipinski definition) is 0. The molecule has 0 spiro atoms. The number of aryl methyl sites for hydroxylation is 2. The summed E-state index contributed by atoms with van der Waals surface area (Å²) in [6.07, 6.45) is 4.03. The van der Waals surface area contributed by atoms with Gasteiger partial charge in [0, 0.05) is 45.1 Å². The van der Waals surface area contributed by atoms with Gasteiger partial charge in [0.15, 0.2) is 0 Å². The molecule has 0 N–H and O–H groups in total. The van der Waals surface area contributed by atoms with Crippen LogP contribution in [0.4, 0.5) is 5.69 Å². The fourth-order valence-electron chi connectivity index (χ4n) is 3.60. The third kappa shape index (κ3) is 4.03. The Bertz CT molecular complexity index is 710. The fraction of sp³-hybridized carbons (Fsp3) is 0.500. The highest BCUT2D eigenvalue weighted by atomic mass is 16.2. The van der Waals surface area contributed by atoms with Crippen molar-refractivity contribution >= 4 is 11.6 Å². The lowest BCUT2D eigenvalue weighted by Gasteiger charge is -2.22. The van der Waals surface area contributed by atoms with Crippen LogP contribution in [0.25, 0.3) is 0 Å². The maximum atomic E-state index is 12.8. The Morgan fingerprint density at radius 2 is 2.08 bits per heavy atom. The van der Waals surface area contributed by atoms with E-state index in [1.54, 1.807) is 0 Å². The van der Waals surface area contributed by atoms with E-state index in [9.17, 15) is 4.79 Å². The first kappa shape index (κ1) is 17.5. The molecule has 0 bridgehead atoms. The van der Waals surface area contributed by atoms with Crippen LogP contribution in [0.2, 0.25) is 0 Å². The maximum Gasteiger partial charge on any atom is 0.257 e. The summed E-state index contributed by atoms with van der Waals surface area (Å²) < 4.78 is 1.88. The van der Waals surface area contributed by atoms with E-state index < -0.39 is 0 Å². The molecule has 134 valence electrons. The first-order valence-electron chi connectivity index (χ1n) is 9.18. The number of anilines is 1. The van der Waals surface area contributed by atoms with Gasteiger partial charge in [-0.3, -0.25) is 9.48 Å². The number of carbonyl (C=O) groups excluding carboxylic acids is 1. The second kappa shape index (κ2) is 7.72.